The summed E-state index contributed by atoms with van der Waals surface area (Å²) in [6.07, 6.45) is 2.86. The minimum absolute atomic E-state index is 0.0332. The number of ketones is 1. The molecule has 6 heteroatoms. The third-order valence-electron chi connectivity index (χ3n) is 4.55. The zero-order valence-corrected chi connectivity index (χ0v) is 23.4. The Balaban J connectivity index is 2.55. The highest BCUT2D eigenvalue weighted by atomic mass is 16.6. The number of hydrogen-bond acceptors (Lipinski definition) is 6. The van der Waals surface area contributed by atoms with Gasteiger partial charge in [-0.1, -0.05) is 6.07 Å². The van der Waals surface area contributed by atoms with E-state index in [4.69, 9.17) is 23.7 Å². The molecule has 0 aliphatic carbocycles. The molecule has 0 bridgehead atoms. The van der Waals surface area contributed by atoms with Gasteiger partial charge in [-0.25, -0.2) is 0 Å². The number of hydrogen-bond donors (Lipinski definition) is 0. The second kappa shape index (κ2) is 13.2. The SMILES string of the molecule is CC(C)Oc1cccc(C(=O)/C=C/c2ccc(OC(C)C)c(OC(C)C)c2OC(C)C)c1OC(C)C. The molecule has 0 spiro atoms. The highest BCUT2D eigenvalue weighted by Crippen LogP contribution is 2.43. The van der Waals surface area contributed by atoms with Crippen LogP contribution in [0.5, 0.6) is 28.7 Å². The van der Waals surface area contributed by atoms with Crippen molar-refractivity contribution in [2.75, 3.05) is 0 Å². The molecule has 198 valence electrons. The Labute approximate surface area is 216 Å². The maximum atomic E-state index is 13.3. The van der Waals surface area contributed by atoms with Crippen LogP contribution in [0.15, 0.2) is 36.4 Å². The van der Waals surface area contributed by atoms with Gasteiger partial charge in [0.2, 0.25) is 5.75 Å². The lowest BCUT2D eigenvalue weighted by Crippen LogP contribution is -2.14. The van der Waals surface area contributed by atoms with E-state index in [2.05, 4.69) is 0 Å². The Bertz CT molecular complexity index is 1030. The molecule has 0 radical (unpaired) electrons. The lowest BCUT2D eigenvalue weighted by atomic mass is 10.1. The van der Waals surface area contributed by atoms with Crippen molar-refractivity contribution in [3.63, 3.8) is 0 Å². The Morgan fingerprint density at radius 1 is 0.583 bits per heavy atom. The van der Waals surface area contributed by atoms with E-state index in [0.717, 1.165) is 0 Å². The number of rotatable bonds is 13. The van der Waals surface area contributed by atoms with Crippen molar-refractivity contribution in [3.8, 4) is 28.7 Å². The van der Waals surface area contributed by atoms with Crippen LogP contribution in [-0.2, 0) is 0 Å². The Morgan fingerprint density at radius 2 is 1.06 bits per heavy atom. The lowest BCUT2D eigenvalue weighted by molar-refractivity contribution is 0.103. The summed E-state index contributed by atoms with van der Waals surface area (Å²) in [4.78, 5) is 13.3. The van der Waals surface area contributed by atoms with Gasteiger partial charge in [0.1, 0.15) is 0 Å². The van der Waals surface area contributed by atoms with Gasteiger partial charge in [-0.15, -0.1) is 0 Å². The normalized spacial score (nSPS) is 11.8. The summed E-state index contributed by atoms with van der Waals surface area (Å²) in [5, 5.41) is 0. The first-order chi connectivity index (χ1) is 16.9. The van der Waals surface area contributed by atoms with Gasteiger partial charge in [0.05, 0.1) is 36.1 Å². The lowest BCUT2D eigenvalue weighted by Gasteiger charge is -2.23. The van der Waals surface area contributed by atoms with Crippen LogP contribution in [0.25, 0.3) is 6.08 Å². The van der Waals surface area contributed by atoms with Gasteiger partial charge in [-0.05, 0) is 106 Å². The van der Waals surface area contributed by atoms with E-state index in [9.17, 15) is 4.79 Å². The van der Waals surface area contributed by atoms with E-state index in [1.807, 2.05) is 87.4 Å². The van der Waals surface area contributed by atoms with E-state index in [-0.39, 0.29) is 36.3 Å². The summed E-state index contributed by atoms with van der Waals surface area (Å²) in [5.41, 5.74) is 1.15. The summed E-state index contributed by atoms with van der Waals surface area (Å²) in [6.45, 7) is 19.4. The number of allylic oxidation sites excluding steroid dienone is 1. The van der Waals surface area contributed by atoms with Crippen LogP contribution in [0.3, 0.4) is 0 Å². The van der Waals surface area contributed by atoms with E-state index >= 15 is 0 Å². The Morgan fingerprint density at radius 3 is 1.58 bits per heavy atom. The maximum Gasteiger partial charge on any atom is 0.204 e. The van der Waals surface area contributed by atoms with Crippen LogP contribution in [-0.4, -0.2) is 36.3 Å². The maximum absolute atomic E-state index is 13.3. The van der Waals surface area contributed by atoms with E-state index in [0.29, 0.717) is 39.9 Å². The van der Waals surface area contributed by atoms with Gasteiger partial charge in [-0.2, -0.15) is 0 Å². The molecule has 0 N–H and O–H groups in total. The molecule has 0 unspecified atom stereocenters. The van der Waals surface area contributed by atoms with Gasteiger partial charge in [0.25, 0.3) is 0 Å². The first-order valence-electron chi connectivity index (χ1n) is 12.7. The molecule has 0 aromatic heterocycles. The second-order valence-corrected chi connectivity index (χ2v) is 9.97. The first-order valence-corrected chi connectivity index (χ1v) is 12.7. The molecule has 2 aromatic carbocycles. The average molecular weight is 499 g/mol. The zero-order valence-electron chi connectivity index (χ0n) is 23.4. The smallest absolute Gasteiger partial charge is 0.204 e. The van der Waals surface area contributed by atoms with E-state index < -0.39 is 0 Å². The van der Waals surface area contributed by atoms with Crippen LogP contribution in [0.2, 0.25) is 0 Å². The quantitative estimate of drug-likeness (QED) is 0.210. The van der Waals surface area contributed by atoms with Crippen LogP contribution >= 0.6 is 0 Å². The van der Waals surface area contributed by atoms with Crippen molar-refractivity contribution < 1.29 is 28.5 Å². The van der Waals surface area contributed by atoms with Crippen molar-refractivity contribution in [1.29, 1.82) is 0 Å². The van der Waals surface area contributed by atoms with Crippen molar-refractivity contribution in [3.05, 3.63) is 47.5 Å². The molecule has 0 saturated carbocycles. The van der Waals surface area contributed by atoms with E-state index in [1.54, 1.807) is 18.2 Å². The molecular weight excluding hydrogens is 456 g/mol. The minimum Gasteiger partial charge on any atom is -0.487 e. The van der Waals surface area contributed by atoms with Crippen molar-refractivity contribution in [1.82, 2.24) is 0 Å². The van der Waals surface area contributed by atoms with Crippen molar-refractivity contribution >= 4 is 11.9 Å². The van der Waals surface area contributed by atoms with Gasteiger partial charge in [0.15, 0.2) is 28.8 Å². The molecule has 0 aliphatic heterocycles. The fourth-order valence-electron chi connectivity index (χ4n) is 3.41. The first kappa shape index (κ1) is 29.1. The molecule has 0 fully saturated rings. The predicted molar refractivity (Wildman–Crippen MR) is 145 cm³/mol. The number of para-hydroxylation sites is 1. The molecule has 2 rings (SSSR count). The van der Waals surface area contributed by atoms with Crippen LogP contribution in [0, 0.1) is 0 Å². The Hall–Kier alpha value is -3.15. The predicted octanol–water partition coefficient (Wildman–Crippen LogP) is 7.52. The highest BCUT2D eigenvalue weighted by Gasteiger charge is 2.21. The molecule has 2 aromatic rings. The monoisotopic (exact) mass is 498 g/mol. The summed E-state index contributed by atoms with van der Waals surface area (Å²) < 4.78 is 30.2. The minimum atomic E-state index is -0.204. The number of carbonyl (C=O) groups excluding carboxylic acids is 1. The van der Waals surface area contributed by atoms with Crippen LogP contribution in [0.4, 0.5) is 0 Å². The summed E-state index contributed by atoms with van der Waals surface area (Å²) in [7, 11) is 0. The number of benzene rings is 2. The van der Waals surface area contributed by atoms with Gasteiger partial charge in [0, 0.05) is 5.56 Å². The molecule has 0 heterocycles. The fraction of sp³-hybridized carbons (Fsp3) is 0.500. The largest absolute Gasteiger partial charge is 0.487 e. The second-order valence-electron chi connectivity index (χ2n) is 9.97. The summed E-state index contributed by atoms with van der Waals surface area (Å²) >= 11 is 0. The topological polar surface area (TPSA) is 63.2 Å². The molecule has 0 amide bonds. The van der Waals surface area contributed by atoms with Crippen LogP contribution in [0.1, 0.15) is 85.2 Å². The molecule has 6 nitrogen and oxygen atoms in total. The molecule has 36 heavy (non-hydrogen) atoms. The zero-order chi connectivity index (χ0) is 27.0. The Kier molecular flexibility index (Phi) is 10.7. The third-order valence-corrected chi connectivity index (χ3v) is 4.55. The molecule has 0 aliphatic rings. The standard InChI is InChI=1S/C30H42O6/c1-18(2)32-26-13-11-12-24(29(26)35-21(7)8)25(31)16-14-23-15-17-27(33-19(3)4)30(36-22(9)10)28(23)34-20(5)6/h11-22H,1-10H3/b16-14+. The third kappa shape index (κ3) is 8.51. The van der Waals surface area contributed by atoms with Crippen molar-refractivity contribution in [2.24, 2.45) is 0 Å². The molecular formula is C30H42O6. The van der Waals surface area contributed by atoms with Gasteiger partial charge >= 0.3 is 0 Å². The van der Waals surface area contributed by atoms with Crippen molar-refractivity contribution in [2.45, 2.75) is 99.8 Å². The number of carbonyl (C=O) groups is 1. The van der Waals surface area contributed by atoms with Gasteiger partial charge < -0.3 is 23.7 Å². The van der Waals surface area contributed by atoms with E-state index in [1.165, 1.54) is 6.08 Å². The molecule has 0 saturated heterocycles. The summed E-state index contributed by atoms with van der Waals surface area (Å²) in [6, 6.07) is 9.08. The molecule has 0 atom stereocenters. The van der Waals surface area contributed by atoms with Crippen LogP contribution < -0.4 is 23.7 Å². The fourth-order valence-corrected chi connectivity index (χ4v) is 3.41. The van der Waals surface area contributed by atoms with Gasteiger partial charge in [-0.3, -0.25) is 4.79 Å². The highest BCUT2D eigenvalue weighted by molar-refractivity contribution is 6.09. The number of ether oxygens (including phenoxy) is 5. The summed E-state index contributed by atoms with van der Waals surface area (Å²) in [5.74, 6) is 2.45. The average Bonchev–Trinajstić information content (AvgIpc) is 2.74.